The summed E-state index contributed by atoms with van der Waals surface area (Å²) in [5.74, 6) is -1.10. The highest BCUT2D eigenvalue weighted by Gasteiger charge is 2.27. The van der Waals surface area contributed by atoms with Crippen molar-refractivity contribution in [2.24, 2.45) is 0 Å². The third-order valence-electron chi connectivity index (χ3n) is 2.26. The molecule has 16 heavy (non-hydrogen) atoms. The summed E-state index contributed by atoms with van der Waals surface area (Å²) in [6.07, 6.45) is 3.78. The van der Waals surface area contributed by atoms with E-state index >= 15 is 0 Å². The highest BCUT2D eigenvalue weighted by atomic mass is 16.2. The van der Waals surface area contributed by atoms with Crippen LogP contribution in [0, 0.1) is 11.3 Å². The Morgan fingerprint density at radius 3 is 2.94 bits per heavy atom. The molecule has 1 aliphatic rings. The maximum Gasteiger partial charge on any atom is 0.296 e. The molecular weight excluding hydrogens is 204 g/mol. The van der Waals surface area contributed by atoms with Crippen molar-refractivity contribution in [2.75, 3.05) is 5.32 Å². The van der Waals surface area contributed by atoms with E-state index in [0.29, 0.717) is 17.7 Å². The summed E-state index contributed by atoms with van der Waals surface area (Å²) in [6.45, 7) is 0. The zero-order valence-corrected chi connectivity index (χ0v) is 8.36. The maximum atomic E-state index is 11.4. The van der Waals surface area contributed by atoms with Crippen LogP contribution in [0.3, 0.4) is 0 Å². The van der Waals surface area contributed by atoms with Crippen LogP contribution in [0.2, 0.25) is 0 Å². The SMILES string of the molecule is N#CCC=Cc1ccc2c(c1)C(=O)C(=O)N2. The molecule has 2 rings (SSSR count). The lowest BCUT2D eigenvalue weighted by Crippen LogP contribution is -2.12. The number of anilines is 1. The number of hydrogen-bond acceptors (Lipinski definition) is 3. The average Bonchev–Trinajstić information content (AvgIpc) is 2.56. The molecular formula is C12H8N2O2. The van der Waals surface area contributed by atoms with Gasteiger partial charge in [0, 0.05) is 0 Å². The summed E-state index contributed by atoms with van der Waals surface area (Å²) >= 11 is 0. The molecule has 0 aromatic heterocycles. The van der Waals surface area contributed by atoms with E-state index in [1.54, 1.807) is 30.4 Å². The second-order valence-corrected chi connectivity index (χ2v) is 3.35. The summed E-state index contributed by atoms with van der Waals surface area (Å²) in [6, 6.07) is 7.10. The molecule has 4 heteroatoms. The Bertz CT molecular complexity index is 538. The van der Waals surface area contributed by atoms with Crippen molar-refractivity contribution >= 4 is 23.5 Å². The number of carbonyl (C=O) groups is 2. The Hall–Kier alpha value is -2.41. The maximum absolute atomic E-state index is 11.4. The molecule has 0 radical (unpaired) electrons. The summed E-state index contributed by atoms with van der Waals surface area (Å²) in [5.41, 5.74) is 1.75. The minimum Gasteiger partial charge on any atom is -0.318 e. The van der Waals surface area contributed by atoms with Crippen molar-refractivity contribution in [3.8, 4) is 6.07 Å². The molecule has 1 aromatic carbocycles. The van der Waals surface area contributed by atoms with Gasteiger partial charge in [-0.15, -0.1) is 0 Å². The summed E-state index contributed by atoms with van der Waals surface area (Å²) in [5, 5.41) is 10.8. The number of ketones is 1. The van der Waals surface area contributed by atoms with E-state index in [1.807, 2.05) is 6.07 Å². The van der Waals surface area contributed by atoms with Gasteiger partial charge in [-0.05, 0) is 17.7 Å². The average molecular weight is 212 g/mol. The Morgan fingerprint density at radius 2 is 2.19 bits per heavy atom. The number of benzene rings is 1. The fraction of sp³-hybridized carbons (Fsp3) is 0.0833. The quantitative estimate of drug-likeness (QED) is 0.759. The smallest absolute Gasteiger partial charge is 0.296 e. The zero-order chi connectivity index (χ0) is 11.5. The van der Waals surface area contributed by atoms with E-state index in [-0.39, 0.29) is 0 Å². The third kappa shape index (κ3) is 1.71. The van der Waals surface area contributed by atoms with Gasteiger partial charge < -0.3 is 5.32 Å². The molecule has 1 aliphatic heterocycles. The van der Waals surface area contributed by atoms with E-state index in [9.17, 15) is 9.59 Å². The molecule has 0 saturated heterocycles. The number of nitrogens with zero attached hydrogens (tertiary/aromatic N) is 1. The minimum atomic E-state index is -0.590. The van der Waals surface area contributed by atoms with Crippen LogP contribution in [0.4, 0.5) is 5.69 Å². The molecule has 0 atom stereocenters. The molecule has 0 bridgehead atoms. The van der Waals surface area contributed by atoms with E-state index < -0.39 is 11.7 Å². The lowest BCUT2D eigenvalue weighted by molar-refractivity contribution is -0.112. The Kier molecular flexibility index (Phi) is 2.52. The number of hydrogen-bond donors (Lipinski definition) is 1. The van der Waals surface area contributed by atoms with Crippen molar-refractivity contribution in [1.29, 1.82) is 5.26 Å². The molecule has 0 spiro atoms. The Morgan fingerprint density at radius 1 is 1.38 bits per heavy atom. The fourth-order valence-corrected chi connectivity index (χ4v) is 1.51. The van der Waals surface area contributed by atoms with Crippen LogP contribution in [0.5, 0.6) is 0 Å². The Labute approximate surface area is 92.2 Å². The van der Waals surface area contributed by atoms with Gasteiger partial charge >= 0.3 is 0 Å². The molecule has 1 heterocycles. The number of fused-ring (bicyclic) bond motifs is 1. The van der Waals surface area contributed by atoms with Crippen molar-refractivity contribution < 1.29 is 9.59 Å². The zero-order valence-electron chi connectivity index (χ0n) is 8.36. The van der Waals surface area contributed by atoms with Gasteiger partial charge in [0.05, 0.1) is 23.7 Å². The first-order valence-corrected chi connectivity index (χ1v) is 4.75. The van der Waals surface area contributed by atoms with E-state index in [4.69, 9.17) is 5.26 Å². The molecule has 1 aromatic rings. The standard InChI is InChI=1S/C12H8N2O2/c13-6-2-1-3-8-4-5-10-9(7-8)11(15)12(16)14-10/h1,3-5,7H,2H2,(H,14,15,16). The highest BCUT2D eigenvalue weighted by molar-refractivity contribution is 6.51. The third-order valence-corrected chi connectivity index (χ3v) is 2.26. The van der Waals surface area contributed by atoms with Gasteiger partial charge in [-0.2, -0.15) is 5.26 Å². The molecule has 0 aliphatic carbocycles. The first kappa shape index (κ1) is 10.1. The predicted octanol–water partition coefficient (Wildman–Crippen LogP) is 1.75. The number of allylic oxidation sites excluding steroid dienone is 1. The van der Waals surface area contributed by atoms with Crippen LogP contribution in [-0.4, -0.2) is 11.7 Å². The van der Waals surface area contributed by atoms with E-state index in [0.717, 1.165) is 5.56 Å². The van der Waals surface area contributed by atoms with Crippen LogP contribution in [0.1, 0.15) is 22.3 Å². The number of amides is 1. The van der Waals surface area contributed by atoms with E-state index in [2.05, 4.69) is 5.32 Å². The van der Waals surface area contributed by atoms with Crippen LogP contribution in [0.25, 0.3) is 6.08 Å². The normalized spacial score (nSPS) is 13.7. The minimum absolute atomic E-state index is 0.322. The summed E-state index contributed by atoms with van der Waals surface area (Å²) < 4.78 is 0. The van der Waals surface area contributed by atoms with Gasteiger partial charge in [0.25, 0.3) is 11.7 Å². The lowest BCUT2D eigenvalue weighted by atomic mass is 10.1. The number of nitriles is 1. The topological polar surface area (TPSA) is 70.0 Å². The molecule has 78 valence electrons. The Balaban J connectivity index is 2.31. The number of Topliss-reactive ketones (excluding diaryl/α,β-unsaturated/α-hetero) is 1. The number of carbonyl (C=O) groups excluding carboxylic acids is 2. The fourth-order valence-electron chi connectivity index (χ4n) is 1.51. The van der Waals surface area contributed by atoms with Crippen LogP contribution < -0.4 is 5.32 Å². The molecule has 0 fully saturated rings. The second-order valence-electron chi connectivity index (χ2n) is 3.35. The monoisotopic (exact) mass is 212 g/mol. The summed E-state index contributed by atoms with van der Waals surface area (Å²) in [7, 11) is 0. The molecule has 4 nitrogen and oxygen atoms in total. The first-order chi connectivity index (χ1) is 7.72. The molecule has 1 amide bonds. The van der Waals surface area contributed by atoms with E-state index in [1.165, 1.54) is 0 Å². The van der Waals surface area contributed by atoms with Crippen molar-refractivity contribution in [3.05, 3.63) is 35.4 Å². The van der Waals surface area contributed by atoms with Gasteiger partial charge in [0.2, 0.25) is 0 Å². The van der Waals surface area contributed by atoms with Gasteiger partial charge in [-0.25, -0.2) is 0 Å². The largest absolute Gasteiger partial charge is 0.318 e. The van der Waals surface area contributed by atoms with Gasteiger partial charge in [0.1, 0.15) is 0 Å². The van der Waals surface area contributed by atoms with Crippen molar-refractivity contribution in [2.45, 2.75) is 6.42 Å². The number of nitrogens with one attached hydrogen (secondary N) is 1. The van der Waals surface area contributed by atoms with Crippen LogP contribution in [-0.2, 0) is 4.79 Å². The van der Waals surface area contributed by atoms with Crippen LogP contribution >= 0.6 is 0 Å². The van der Waals surface area contributed by atoms with Gasteiger partial charge in [-0.3, -0.25) is 9.59 Å². The molecule has 0 unspecified atom stereocenters. The lowest BCUT2D eigenvalue weighted by Gasteiger charge is -1.97. The molecule has 0 saturated carbocycles. The van der Waals surface area contributed by atoms with Crippen molar-refractivity contribution in [3.63, 3.8) is 0 Å². The van der Waals surface area contributed by atoms with Gasteiger partial charge in [-0.1, -0.05) is 18.2 Å². The molecule has 1 N–H and O–H groups in total. The van der Waals surface area contributed by atoms with Crippen LogP contribution in [0.15, 0.2) is 24.3 Å². The second kappa shape index (κ2) is 3.99. The summed E-state index contributed by atoms with van der Waals surface area (Å²) in [4.78, 5) is 22.5. The highest BCUT2D eigenvalue weighted by Crippen LogP contribution is 2.24. The van der Waals surface area contributed by atoms with Crippen molar-refractivity contribution in [1.82, 2.24) is 0 Å². The van der Waals surface area contributed by atoms with Gasteiger partial charge in [0.15, 0.2) is 0 Å². The predicted molar refractivity (Wildman–Crippen MR) is 58.7 cm³/mol. The first-order valence-electron chi connectivity index (χ1n) is 4.75. The number of rotatable bonds is 2.